The fourth-order valence-electron chi connectivity index (χ4n) is 3.29. The third-order valence-electron chi connectivity index (χ3n) is 3.93. The van der Waals surface area contributed by atoms with Crippen LogP contribution in [0.15, 0.2) is 42.5 Å². The predicted octanol–water partition coefficient (Wildman–Crippen LogP) is 2.68. The highest BCUT2D eigenvalue weighted by Gasteiger charge is 2.48. The number of allylic oxidation sites excluding steroid dienone is 2. The third-order valence-corrected chi connectivity index (χ3v) is 3.93. The molecule has 0 spiro atoms. The highest BCUT2D eigenvalue weighted by atomic mass is 16.4. The van der Waals surface area contributed by atoms with E-state index in [0.717, 1.165) is 6.42 Å². The van der Waals surface area contributed by atoms with E-state index in [1.165, 1.54) is 5.56 Å². The average molecular weight is 214 g/mol. The van der Waals surface area contributed by atoms with Gasteiger partial charge in [0, 0.05) is 5.92 Å². The van der Waals surface area contributed by atoms with Crippen LogP contribution in [0.5, 0.6) is 0 Å². The maximum atomic E-state index is 11.3. The SMILES string of the molecule is O=C(O)[C@@H]1[C@H](c2ccccc2)[C@@H]2C=C[C@H]1C2. The summed E-state index contributed by atoms with van der Waals surface area (Å²) in [7, 11) is 0. The maximum Gasteiger partial charge on any atom is 0.307 e. The van der Waals surface area contributed by atoms with Gasteiger partial charge in [-0.15, -0.1) is 0 Å². The van der Waals surface area contributed by atoms with Gasteiger partial charge >= 0.3 is 5.97 Å². The van der Waals surface area contributed by atoms with E-state index in [2.05, 4.69) is 24.3 Å². The molecular formula is C14H14O2. The van der Waals surface area contributed by atoms with Gasteiger partial charge in [-0.25, -0.2) is 0 Å². The van der Waals surface area contributed by atoms with Crippen molar-refractivity contribution in [3.63, 3.8) is 0 Å². The van der Waals surface area contributed by atoms with Crippen LogP contribution in [0.4, 0.5) is 0 Å². The van der Waals surface area contributed by atoms with Crippen molar-refractivity contribution in [2.45, 2.75) is 12.3 Å². The van der Waals surface area contributed by atoms with E-state index in [4.69, 9.17) is 0 Å². The summed E-state index contributed by atoms with van der Waals surface area (Å²) in [6, 6.07) is 10.1. The molecule has 1 N–H and O–H groups in total. The number of carboxylic acid groups (broad SMARTS) is 1. The minimum absolute atomic E-state index is 0.175. The second kappa shape index (κ2) is 3.48. The van der Waals surface area contributed by atoms with Crippen LogP contribution in [0.1, 0.15) is 17.9 Å². The molecule has 1 saturated carbocycles. The van der Waals surface area contributed by atoms with E-state index in [9.17, 15) is 9.90 Å². The molecule has 0 aliphatic heterocycles. The molecule has 2 bridgehead atoms. The first kappa shape index (κ1) is 9.64. The number of carbonyl (C=O) groups is 1. The van der Waals surface area contributed by atoms with E-state index >= 15 is 0 Å². The van der Waals surface area contributed by atoms with Crippen molar-refractivity contribution >= 4 is 5.97 Å². The lowest BCUT2D eigenvalue weighted by Gasteiger charge is -2.25. The molecule has 2 aliphatic carbocycles. The Labute approximate surface area is 94.6 Å². The molecule has 3 rings (SSSR count). The molecule has 0 radical (unpaired) electrons. The van der Waals surface area contributed by atoms with Crippen LogP contribution in [0, 0.1) is 17.8 Å². The molecule has 82 valence electrons. The molecule has 16 heavy (non-hydrogen) atoms. The van der Waals surface area contributed by atoms with Crippen LogP contribution >= 0.6 is 0 Å². The smallest absolute Gasteiger partial charge is 0.307 e. The van der Waals surface area contributed by atoms with Crippen molar-refractivity contribution in [1.29, 1.82) is 0 Å². The van der Waals surface area contributed by atoms with Gasteiger partial charge in [-0.3, -0.25) is 4.79 Å². The predicted molar refractivity (Wildman–Crippen MR) is 61.0 cm³/mol. The van der Waals surface area contributed by atoms with Crippen LogP contribution in [-0.2, 0) is 4.79 Å². The van der Waals surface area contributed by atoms with Crippen LogP contribution in [0.25, 0.3) is 0 Å². The number of fused-ring (bicyclic) bond motifs is 2. The Kier molecular flexibility index (Phi) is 2.10. The van der Waals surface area contributed by atoms with Gasteiger partial charge in [0.1, 0.15) is 0 Å². The molecular weight excluding hydrogens is 200 g/mol. The first-order valence-corrected chi connectivity index (χ1v) is 5.73. The number of carboxylic acids is 1. The second-order valence-electron chi connectivity index (χ2n) is 4.75. The van der Waals surface area contributed by atoms with E-state index in [1.807, 2.05) is 18.2 Å². The number of hydrogen-bond donors (Lipinski definition) is 1. The summed E-state index contributed by atoms with van der Waals surface area (Å²) < 4.78 is 0. The van der Waals surface area contributed by atoms with E-state index in [-0.39, 0.29) is 17.8 Å². The van der Waals surface area contributed by atoms with Crippen molar-refractivity contribution in [3.8, 4) is 0 Å². The fraction of sp³-hybridized carbons (Fsp3) is 0.357. The van der Waals surface area contributed by atoms with Crippen molar-refractivity contribution in [2.24, 2.45) is 17.8 Å². The second-order valence-corrected chi connectivity index (χ2v) is 4.75. The quantitative estimate of drug-likeness (QED) is 0.768. The minimum atomic E-state index is -0.647. The Morgan fingerprint density at radius 1 is 1.12 bits per heavy atom. The van der Waals surface area contributed by atoms with Gasteiger partial charge in [0.05, 0.1) is 5.92 Å². The van der Waals surface area contributed by atoms with Gasteiger partial charge in [0.25, 0.3) is 0 Å². The maximum absolute atomic E-state index is 11.3. The molecule has 0 aromatic heterocycles. The first-order valence-electron chi connectivity index (χ1n) is 5.73. The molecule has 1 aromatic rings. The van der Waals surface area contributed by atoms with Gasteiger partial charge in [-0.05, 0) is 23.8 Å². The molecule has 0 unspecified atom stereocenters. The third kappa shape index (κ3) is 1.29. The summed E-state index contributed by atoms with van der Waals surface area (Å²) in [6.07, 6.45) is 5.29. The summed E-state index contributed by atoms with van der Waals surface area (Å²) in [6.45, 7) is 0. The Balaban J connectivity index is 2.00. The lowest BCUT2D eigenvalue weighted by atomic mass is 9.78. The first-order chi connectivity index (χ1) is 7.77. The lowest BCUT2D eigenvalue weighted by molar-refractivity contribution is -0.143. The van der Waals surface area contributed by atoms with Gasteiger partial charge < -0.3 is 5.11 Å². The largest absolute Gasteiger partial charge is 0.481 e. The Bertz CT molecular complexity index is 435. The Morgan fingerprint density at radius 3 is 2.50 bits per heavy atom. The molecule has 1 fully saturated rings. The lowest BCUT2D eigenvalue weighted by Crippen LogP contribution is -2.25. The fourth-order valence-corrected chi connectivity index (χ4v) is 3.29. The summed E-state index contributed by atoms with van der Waals surface area (Å²) in [5, 5.41) is 9.33. The molecule has 0 saturated heterocycles. The summed E-state index contributed by atoms with van der Waals surface area (Å²) in [5.41, 5.74) is 1.17. The van der Waals surface area contributed by atoms with Crippen LogP contribution in [0.2, 0.25) is 0 Å². The van der Waals surface area contributed by atoms with E-state index in [1.54, 1.807) is 0 Å². The van der Waals surface area contributed by atoms with E-state index < -0.39 is 5.97 Å². The number of aliphatic carboxylic acids is 1. The van der Waals surface area contributed by atoms with Crippen molar-refractivity contribution < 1.29 is 9.90 Å². The molecule has 2 nitrogen and oxygen atoms in total. The van der Waals surface area contributed by atoms with Gasteiger partial charge in [-0.1, -0.05) is 42.5 Å². The monoisotopic (exact) mass is 214 g/mol. The van der Waals surface area contributed by atoms with Crippen molar-refractivity contribution in [3.05, 3.63) is 48.0 Å². The Morgan fingerprint density at radius 2 is 1.81 bits per heavy atom. The van der Waals surface area contributed by atoms with Crippen LogP contribution in [0.3, 0.4) is 0 Å². The summed E-state index contributed by atoms with van der Waals surface area (Å²) in [4.78, 5) is 11.3. The normalized spacial score (nSPS) is 35.5. The average Bonchev–Trinajstić information content (AvgIpc) is 2.89. The topological polar surface area (TPSA) is 37.3 Å². The zero-order chi connectivity index (χ0) is 11.1. The standard InChI is InChI=1S/C14H14O2/c15-14(16)13-11-7-6-10(8-11)12(13)9-4-2-1-3-5-9/h1-7,10-13H,8H2,(H,15,16)/t10-,11+,12-,13+/m1/s1. The highest BCUT2D eigenvalue weighted by molar-refractivity contribution is 5.73. The summed E-state index contributed by atoms with van der Waals surface area (Å²) >= 11 is 0. The number of rotatable bonds is 2. The van der Waals surface area contributed by atoms with Gasteiger partial charge in [-0.2, -0.15) is 0 Å². The summed E-state index contributed by atoms with van der Waals surface area (Å²) in [5.74, 6) is -0.0296. The molecule has 2 heteroatoms. The minimum Gasteiger partial charge on any atom is -0.481 e. The van der Waals surface area contributed by atoms with Crippen LogP contribution < -0.4 is 0 Å². The van der Waals surface area contributed by atoms with E-state index in [0.29, 0.717) is 5.92 Å². The number of hydrogen-bond acceptors (Lipinski definition) is 1. The molecule has 0 amide bonds. The van der Waals surface area contributed by atoms with Crippen molar-refractivity contribution in [2.75, 3.05) is 0 Å². The van der Waals surface area contributed by atoms with Crippen LogP contribution in [-0.4, -0.2) is 11.1 Å². The molecule has 0 heterocycles. The van der Waals surface area contributed by atoms with Crippen molar-refractivity contribution in [1.82, 2.24) is 0 Å². The molecule has 4 atom stereocenters. The zero-order valence-corrected chi connectivity index (χ0v) is 8.91. The molecule has 2 aliphatic rings. The Hall–Kier alpha value is -1.57. The molecule has 1 aromatic carbocycles. The number of benzene rings is 1. The highest BCUT2D eigenvalue weighted by Crippen LogP contribution is 2.52. The zero-order valence-electron chi connectivity index (χ0n) is 8.91. The van der Waals surface area contributed by atoms with Gasteiger partial charge in [0.2, 0.25) is 0 Å². The van der Waals surface area contributed by atoms with Gasteiger partial charge in [0.15, 0.2) is 0 Å².